The molecule has 8 nitrogen and oxygen atoms in total. The molecule has 158 valence electrons. The van der Waals surface area contributed by atoms with Crippen molar-refractivity contribution in [2.45, 2.75) is 5.75 Å². The van der Waals surface area contributed by atoms with Crippen molar-refractivity contribution in [2.75, 3.05) is 4.72 Å². The van der Waals surface area contributed by atoms with Gasteiger partial charge in [-0.1, -0.05) is 0 Å². The van der Waals surface area contributed by atoms with Crippen LogP contribution in [0.5, 0.6) is 11.6 Å². The molecule has 4 rings (SSSR count). The molecule has 2 heterocycles. The molecule has 31 heavy (non-hydrogen) atoms. The van der Waals surface area contributed by atoms with E-state index in [1.54, 1.807) is 41.5 Å². The average molecular weight is 443 g/mol. The number of imidazole rings is 1. The smallest absolute Gasteiger partial charge is 0.236 e. The first-order chi connectivity index (χ1) is 14.9. The Kier molecular flexibility index (Phi) is 5.58. The van der Waals surface area contributed by atoms with E-state index >= 15 is 0 Å². The van der Waals surface area contributed by atoms with Gasteiger partial charge in [-0.15, -0.1) is 0 Å². The minimum atomic E-state index is -3.88. The number of nitrogens with zero attached hydrogens (tertiary/aromatic N) is 4. The number of hydrogen-bond donors (Lipinski definition) is 1. The van der Waals surface area contributed by atoms with E-state index in [4.69, 9.17) is 4.74 Å². The fraction of sp³-hybridized carbons (Fsp3) is 0.0500. The van der Waals surface area contributed by atoms with Crippen LogP contribution in [-0.4, -0.2) is 27.9 Å². The second-order valence-corrected chi connectivity index (χ2v) is 8.17. The van der Waals surface area contributed by atoms with Gasteiger partial charge in [0.25, 0.3) is 0 Å². The maximum atomic E-state index is 13.3. The highest BCUT2D eigenvalue weighted by atomic mass is 32.2. The van der Waals surface area contributed by atoms with Crippen molar-refractivity contribution in [2.24, 2.45) is 0 Å². The zero-order chi connectivity index (χ0) is 21.8. The first-order valence-corrected chi connectivity index (χ1v) is 10.6. The summed E-state index contributed by atoms with van der Waals surface area (Å²) in [7, 11) is -3.88. The monoisotopic (exact) mass is 443 g/mol. The van der Waals surface area contributed by atoms with Gasteiger partial charge in [0.1, 0.15) is 35.9 Å². The third-order valence-electron chi connectivity index (χ3n) is 4.03. The van der Waals surface area contributed by atoms with Crippen LogP contribution in [0.1, 0.15) is 5.56 Å². The van der Waals surface area contributed by atoms with Crippen molar-refractivity contribution in [1.29, 1.82) is 0 Å². The number of halogens is 2. The van der Waals surface area contributed by atoms with Crippen LogP contribution in [0.4, 0.5) is 14.5 Å². The van der Waals surface area contributed by atoms with E-state index in [1.807, 2.05) is 0 Å². The lowest BCUT2D eigenvalue weighted by atomic mass is 10.2. The number of ether oxygens (including phenoxy) is 1. The topological polar surface area (TPSA) is 99.0 Å². The summed E-state index contributed by atoms with van der Waals surface area (Å²) in [4.78, 5) is 12.1. The van der Waals surface area contributed by atoms with E-state index in [9.17, 15) is 17.2 Å². The van der Waals surface area contributed by atoms with Crippen molar-refractivity contribution in [3.8, 4) is 17.4 Å². The number of hydrogen-bond acceptors (Lipinski definition) is 6. The highest BCUT2D eigenvalue weighted by Crippen LogP contribution is 2.23. The van der Waals surface area contributed by atoms with Crippen LogP contribution >= 0.6 is 0 Å². The first kappa shape index (κ1) is 20.4. The van der Waals surface area contributed by atoms with Crippen LogP contribution in [0.15, 0.2) is 73.6 Å². The number of sulfonamides is 1. The molecular weight excluding hydrogens is 428 g/mol. The Hall–Kier alpha value is -3.86. The minimum absolute atomic E-state index is 0.00223. The van der Waals surface area contributed by atoms with Gasteiger partial charge in [-0.25, -0.2) is 32.2 Å². The molecule has 0 radical (unpaired) electrons. The van der Waals surface area contributed by atoms with Gasteiger partial charge in [0.15, 0.2) is 0 Å². The number of nitrogens with one attached hydrogen (secondary N) is 1. The predicted octanol–water partition coefficient (Wildman–Crippen LogP) is 3.67. The number of aromatic nitrogens is 4. The van der Waals surface area contributed by atoms with E-state index in [-0.39, 0.29) is 11.3 Å². The van der Waals surface area contributed by atoms with E-state index in [1.165, 1.54) is 18.5 Å². The molecule has 2 aromatic heterocycles. The molecule has 0 aliphatic carbocycles. The van der Waals surface area contributed by atoms with Crippen LogP contribution in [0.25, 0.3) is 5.82 Å². The summed E-state index contributed by atoms with van der Waals surface area (Å²) in [5, 5.41) is 0. The van der Waals surface area contributed by atoms with E-state index < -0.39 is 27.4 Å². The molecule has 0 amide bonds. The van der Waals surface area contributed by atoms with Gasteiger partial charge in [0.2, 0.25) is 15.9 Å². The molecular formula is C20H15F2N5O3S. The van der Waals surface area contributed by atoms with Crippen LogP contribution < -0.4 is 9.46 Å². The fourth-order valence-electron chi connectivity index (χ4n) is 2.76. The van der Waals surface area contributed by atoms with Gasteiger partial charge in [-0.3, -0.25) is 9.29 Å². The van der Waals surface area contributed by atoms with Gasteiger partial charge in [-0.05, 0) is 42.0 Å². The van der Waals surface area contributed by atoms with Gasteiger partial charge in [0.05, 0.1) is 5.75 Å². The molecule has 2 aromatic carbocycles. The third kappa shape index (κ3) is 5.39. The van der Waals surface area contributed by atoms with E-state index in [0.717, 1.165) is 12.1 Å². The molecule has 0 aliphatic heterocycles. The highest BCUT2D eigenvalue weighted by molar-refractivity contribution is 7.91. The first-order valence-electron chi connectivity index (χ1n) is 8.90. The van der Waals surface area contributed by atoms with Gasteiger partial charge in [-0.2, -0.15) is 0 Å². The zero-order valence-corrected chi connectivity index (χ0v) is 16.6. The van der Waals surface area contributed by atoms with Gasteiger partial charge in [0, 0.05) is 30.2 Å². The Balaban J connectivity index is 1.43. The summed E-state index contributed by atoms with van der Waals surface area (Å²) in [5.74, 6) is -0.968. The van der Waals surface area contributed by atoms with Crippen LogP contribution in [0.2, 0.25) is 0 Å². The van der Waals surface area contributed by atoms with Crippen molar-refractivity contribution < 1.29 is 21.9 Å². The second-order valence-electron chi connectivity index (χ2n) is 6.45. The van der Waals surface area contributed by atoms with Crippen molar-refractivity contribution in [3.63, 3.8) is 0 Å². The molecule has 0 aliphatic rings. The Labute approximate surface area is 176 Å². The second kappa shape index (κ2) is 8.48. The fourth-order valence-corrected chi connectivity index (χ4v) is 3.94. The molecule has 0 saturated carbocycles. The molecule has 0 atom stereocenters. The molecule has 0 spiro atoms. The van der Waals surface area contributed by atoms with Crippen LogP contribution in [0, 0.1) is 11.6 Å². The molecule has 0 unspecified atom stereocenters. The standard InChI is InChI=1S/C20H15F2N5O3S/c21-15-7-14(8-16(22)9-15)11-31(28,29)26-17-1-3-18(4-2-17)30-20-10-19(24-12-25-20)27-6-5-23-13-27/h1-10,12-13,26H,11H2. The zero-order valence-electron chi connectivity index (χ0n) is 15.8. The lowest BCUT2D eigenvalue weighted by Crippen LogP contribution is -2.15. The quantitative estimate of drug-likeness (QED) is 0.468. The Morgan fingerprint density at radius 2 is 1.74 bits per heavy atom. The summed E-state index contributed by atoms with van der Waals surface area (Å²) in [6.07, 6.45) is 6.28. The van der Waals surface area contributed by atoms with Crippen molar-refractivity contribution in [3.05, 3.63) is 90.8 Å². The van der Waals surface area contributed by atoms with Crippen LogP contribution in [-0.2, 0) is 15.8 Å². The van der Waals surface area contributed by atoms with E-state index in [0.29, 0.717) is 23.5 Å². The molecule has 4 aromatic rings. The number of anilines is 1. The summed E-state index contributed by atoms with van der Waals surface area (Å²) < 4.78 is 60.9. The summed E-state index contributed by atoms with van der Waals surface area (Å²) in [6.45, 7) is 0. The lowest BCUT2D eigenvalue weighted by Gasteiger charge is -2.10. The molecule has 0 fully saturated rings. The molecule has 1 N–H and O–H groups in total. The minimum Gasteiger partial charge on any atom is -0.439 e. The van der Waals surface area contributed by atoms with Crippen molar-refractivity contribution >= 4 is 15.7 Å². The average Bonchev–Trinajstić information content (AvgIpc) is 3.23. The van der Waals surface area contributed by atoms with E-state index in [2.05, 4.69) is 19.7 Å². The summed E-state index contributed by atoms with van der Waals surface area (Å²) in [5.41, 5.74) is 0.272. The lowest BCUT2D eigenvalue weighted by molar-refractivity contribution is 0.461. The number of rotatable bonds is 7. The Morgan fingerprint density at radius 3 is 2.42 bits per heavy atom. The summed E-state index contributed by atoms with van der Waals surface area (Å²) in [6, 6.07) is 10.3. The Morgan fingerprint density at radius 1 is 1.00 bits per heavy atom. The summed E-state index contributed by atoms with van der Waals surface area (Å²) >= 11 is 0. The molecule has 11 heteroatoms. The predicted molar refractivity (Wildman–Crippen MR) is 108 cm³/mol. The Bertz CT molecular complexity index is 1280. The maximum absolute atomic E-state index is 13.3. The van der Waals surface area contributed by atoms with Gasteiger partial charge >= 0.3 is 0 Å². The highest BCUT2D eigenvalue weighted by Gasteiger charge is 2.14. The van der Waals surface area contributed by atoms with Crippen molar-refractivity contribution in [1.82, 2.24) is 19.5 Å². The normalized spacial score (nSPS) is 11.3. The third-order valence-corrected chi connectivity index (χ3v) is 5.29. The molecule has 0 bridgehead atoms. The molecule has 0 saturated heterocycles. The largest absolute Gasteiger partial charge is 0.439 e. The maximum Gasteiger partial charge on any atom is 0.236 e. The van der Waals surface area contributed by atoms with Crippen LogP contribution in [0.3, 0.4) is 0 Å². The number of benzene rings is 2. The van der Waals surface area contributed by atoms with Gasteiger partial charge < -0.3 is 4.74 Å². The SMILES string of the molecule is O=S(=O)(Cc1cc(F)cc(F)c1)Nc1ccc(Oc2cc(-n3ccnc3)ncn2)cc1.